The summed E-state index contributed by atoms with van der Waals surface area (Å²) >= 11 is 12.1. The maximum Gasteiger partial charge on any atom is 0.411 e. The number of hydrogen-bond acceptors (Lipinski definition) is 5. The van der Waals surface area contributed by atoms with Crippen LogP contribution < -0.4 is 15.4 Å². The van der Waals surface area contributed by atoms with Crippen LogP contribution in [0.5, 0.6) is 5.75 Å². The Hall–Kier alpha value is -4.72. The molecular formula is C32H24Cl2N4O3. The smallest absolute Gasteiger partial charge is 0.411 e. The fourth-order valence-corrected chi connectivity index (χ4v) is 5.30. The van der Waals surface area contributed by atoms with Crippen molar-refractivity contribution in [2.45, 2.75) is 6.61 Å². The van der Waals surface area contributed by atoms with E-state index in [9.17, 15) is 4.79 Å². The van der Waals surface area contributed by atoms with Crippen molar-refractivity contribution in [2.75, 3.05) is 17.7 Å². The van der Waals surface area contributed by atoms with Crippen molar-refractivity contribution in [3.63, 3.8) is 0 Å². The Bertz CT molecular complexity index is 1870. The first kappa shape index (κ1) is 26.5. The second-order valence-corrected chi connectivity index (χ2v) is 10.2. The third-order valence-electron chi connectivity index (χ3n) is 6.54. The summed E-state index contributed by atoms with van der Waals surface area (Å²) in [5.41, 5.74) is 6.42. The van der Waals surface area contributed by atoms with E-state index < -0.39 is 6.09 Å². The van der Waals surface area contributed by atoms with Crippen molar-refractivity contribution in [3.8, 4) is 17.0 Å². The van der Waals surface area contributed by atoms with E-state index in [2.05, 4.69) is 15.6 Å². The second-order valence-electron chi connectivity index (χ2n) is 9.35. The molecule has 0 saturated heterocycles. The van der Waals surface area contributed by atoms with E-state index in [-0.39, 0.29) is 6.61 Å². The molecule has 3 N–H and O–H groups in total. The van der Waals surface area contributed by atoms with Crippen LogP contribution in [-0.4, -0.2) is 23.2 Å². The van der Waals surface area contributed by atoms with Crippen molar-refractivity contribution in [1.82, 2.24) is 9.97 Å². The first-order chi connectivity index (χ1) is 20.0. The van der Waals surface area contributed by atoms with Crippen molar-refractivity contribution in [2.24, 2.45) is 0 Å². The van der Waals surface area contributed by atoms with Gasteiger partial charge >= 0.3 is 6.09 Å². The van der Waals surface area contributed by atoms with Gasteiger partial charge in [-0.3, -0.25) is 5.32 Å². The van der Waals surface area contributed by atoms with Gasteiger partial charge in [0.15, 0.2) is 0 Å². The first-order valence-corrected chi connectivity index (χ1v) is 13.5. The highest BCUT2D eigenvalue weighted by atomic mass is 35.5. The Kier molecular flexibility index (Phi) is 7.37. The van der Waals surface area contributed by atoms with Crippen molar-refractivity contribution in [3.05, 3.63) is 113 Å². The highest BCUT2D eigenvalue weighted by Gasteiger charge is 2.14. The van der Waals surface area contributed by atoms with Crippen LogP contribution in [0.25, 0.3) is 33.1 Å². The van der Waals surface area contributed by atoms with Crippen molar-refractivity contribution in [1.29, 1.82) is 0 Å². The minimum atomic E-state index is -0.624. The molecule has 2 heterocycles. The summed E-state index contributed by atoms with van der Waals surface area (Å²) in [6.45, 7) is 0.0367. The van der Waals surface area contributed by atoms with Gasteiger partial charge in [-0.25, -0.2) is 9.78 Å². The molecule has 0 fully saturated rings. The number of methoxy groups -OCH3 is 1. The predicted octanol–water partition coefficient (Wildman–Crippen LogP) is 9.19. The Morgan fingerprint density at radius 1 is 0.878 bits per heavy atom. The monoisotopic (exact) mass is 582 g/mol. The molecule has 4 aromatic carbocycles. The number of benzene rings is 4. The summed E-state index contributed by atoms with van der Waals surface area (Å²) in [5, 5.41) is 9.02. The predicted molar refractivity (Wildman–Crippen MR) is 166 cm³/mol. The zero-order valence-corrected chi connectivity index (χ0v) is 23.4. The second kappa shape index (κ2) is 11.4. The van der Waals surface area contributed by atoms with E-state index in [1.165, 1.54) is 0 Å². The molecule has 0 aliphatic heterocycles. The summed E-state index contributed by atoms with van der Waals surface area (Å²) in [7, 11) is 1.64. The van der Waals surface area contributed by atoms with Crippen LogP contribution in [0, 0.1) is 0 Å². The number of aromatic amines is 1. The molecule has 0 unspecified atom stereocenters. The minimum absolute atomic E-state index is 0.0367. The molecule has 9 heteroatoms. The average molecular weight is 583 g/mol. The number of nitrogens with one attached hydrogen (secondary N) is 3. The molecule has 2 aromatic heterocycles. The molecule has 6 aromatic rings. The van der Waals surface area contributed by atoms with Gasteiger partial charge in [-0.2, -0.15) is 0 Å². The van der Waals surface area contributed by atoms with Crippen LogP contribution in [0.3, 0.4) is 0 Å². The molecule has 0 atom stereocenters. The van der Waals surface area contributed by atoms with E-state index in [0.29, 0.717) is 21.5 Å². The zero-order valence-electron chi connectivity index (χ0n) is 21.9. The summed E-state index contributed by atoms with van der Waals surface area (Å²) in [4.78, 5) is 20.7. The number of carbonyl (C=O) groups excluding carboxylic acids is 1. The van der Waals surface area contributed by atoms with Gasteiger partial charge in [0.05, 0.1) is 18.3 Å². The van der Waals surface area contributed by atoms with Crippen LogP contribution in [0.4, 0.5) is 21.9 Å². The number of hydrogen-bond donors (Lipinski definition) is 3. The van der Waals surface area contributed by atoms with Gasteiger partial charge in [-0.05, 0) is 66.2 Å². The van der Waals surface area contributed by atoms with Gasteiger partial charge < -0.3 is 19.8 Å². The van der Waals surface area contributed by atoms with Gasteiger partial charge in [0.2, 0.25) is 0 Å². The van der Waals surface area contributed by atoms with Crippen LogP contribution in [0.1, 0.15) is 5.56 Å². The highest BCUT2D eigenvalue weighted by molar-refractivity contribution is 6.35. The lowest BCUT2D eigenvalue weighted by Gasteiger charge is -2.16. The lowest BCUT2D eigenvalue weighted by atomic mass is 10.0. The van der Waals surface area contributed by atoms with Crippen LogP contribution in [0.15, 0.2) is 97.2 Å². The number of aromatic nitrogens is 2. The molecule has 7 nitrogen and oxygen atoms in total. The van der Waals surface area contributed by atoms with E-state index in [4.69, 9.17) is 37.7 Å². The fraction of sp³-hybridized carbons (Fsp3) is 0.0625. The SMILES string of the molecule is COc1cccc2c(Nc3cc(COC(=O)Nc4cc(Cl)cc(Cl)c4)cc(-c4ccc[nH]4)c3)c3ccccc3nc12. The number of nitrogens with zero attached hydrogens (tertiary/aromatic N) is 1. The highest BCUT2D eigenvalue weighted by Crippen LogP contribution is 2.37. The Balaban J connectivity index is 1.35. The average Bonchev–Trinajstić information content (AvgIpc) is 3.50. The number of pyridine rings is 1. The molecule has 0 radical (unpaired) electrons. The molecule has 1 amide bonds. The number of anilines is 3. The lowest BCUT2D eigenvalue weighted by Crippen LogP contribution is -2.13. The van der Waals surface area contributed by atoms with E-state index in [1.54, 1.807) is 25.3 Å². The number of fused-ring (bicyclic) bond motifs is 2. The van der Waals surface area contributed by atoms with Gasteiger partial charge in [0, 0.05) is 49.6 Å². The largest absolute Gasteiger partial charge is 0.494 e. The quantitative estimate of drug-likeness (QED) is 0.163. The summed E-state index contributed by atoms with van der Waals surface area (Å²) < 4.78 is 11.2. The van der Waals surface area contributed by atoms with E-state index in [0.717, 1.165) is 50.0 Å². The van der Waals surface area contributed by atoms with E-state index in [1.807, 2.05) is 79.0 Å². The summed E-state index contributed by atoms with van der Waals surface area (Å²) in [5.74, 6) is 0.692. The van der Waals surface area contributed by atoms with Gasteiger partial charge in [-0.15, -0.1) is 0 Å². The van der Waals surface area contributed by atoms with Gasteiger partial charge in [0.1, 0.15) is 17.9 Å². The Morgan fingerprint density at radius 2 is 1.68 bits per heavy atom. The summed E-state index contributed by atoms with van der Waals surface area (Å²) in [6.07, 6.45) is 1.24. The molecule has 204 valence electrons. The third kappa shape index (κ3) is 5.77. The number of rotatable bonds is 7. The van der Waals surface area contributed by atoms with Crippen LogP contribution in [-0.2, 0) is 11.3 Å². The first-order valence-electron chi connectivity index (χ1n) is 12.8. The molecule has 0 aliphatic rings. The van der Waals surface area contributed by atoms with Crippen molar-refractivity contribution >= 4 is 68.2 Å². The van der Waals surface area contributed by atoms with Gasteiger partial charge in [0.25, 0.3) is 0 Å². The normalized spacial score (nSPS) is 11.0. The number of H-pyrrole nitrogens is 1. The molecular weight excluding hydrogens is 559 g/mol. The Labute approximate surface area is 246 Å². The lowest BCUT2D eigenvalue weighted by molar-refractivity contribution is 0.155. The molecule has 0 saturated carbocycles. The minimum Gasteiger partial charge on any atom is -0.494 e. The maximum absolute atomic E-state index is 12.6. The Morgan fingerprint density at radius 3 is 2.46 bits per heavy atom. The van der Waals surface area contributed by atoms with Crippen LogP contribution >= 0.6 is 23.2 Å². The number of para-hydroxylation sites is 2. The van der Waals surface area contributed by atoms with E-state index >= 15 is 0 Å². The zero-order chi connectivity index (χ0) is 28.3. The number of carbonyl (C=O) groups is 1. The number of amides is 1. The standard InChI is InChI=1S/C32H24Cl2N4O3/c1-40-29-10-4-7-26-30(25-6-2-3-8-28(25)38-31(26)29)36-23-13-19(12-20(14-23)27-9-5-11-35-27)18-41-32(39)37-24-16-21(33)15-22(34)17-24/h2-17,35H,18H2,1H3,(H,36,38)(H,37,39). The summed E-state index contributed by atoms with van der Waals surface area (Å²) in [6, 6.07) is 28.5. The topological polar surface area (TPSA) is 88.3 Å². The molecule has 0 aliphatic carbocycles. The van der Waals surface area contributed by atoms with Gasteiger partial charge in [-0.1, -0.05) is 53.5 Å². The maximum atomic E-state index is 12.6. The molecule has 6 rings (SSSR count). The number of ether oxygens (including phenoxy) is 2. The molecule has 41 heavy (non-hydrogen) atoms. The fourth-order valence-electron chi connectivity index (χ4n) is 4.77. The molecule has 0 spiro atoms. The van der Waals surface area contributed by atoms with Crippen molar-refractivity contribution < 1.29 is 14.3 Å². The molecule has 0 bridgehead atoms. The third-order valence-corrected chi connectivity index (χ3v) is 6.98. The van der Waals surface area contributed by atoms with Crippen LogP contribution in [0.2, 0.25) is 10.0 Å². The number of halogens is 2.